The van der Waals surface area contributed by atoms with Crippen molar-refractivity contribution in [2.75, 3.05) is 33.8 Å². The fourth-order valence-electron chi connectivity index (χ4n) is 2.11. The van der Waals surface area contributed by atoms with Gasteiger partial charge in [-0.15, -0.1) is 11.3 Å². The van der Waals surface area contributed by atoms with Crippen molar-refractivity contribution in [2.24, 2.45) is 0 Å². The molecular weight excluding hydrogens is 308 g/mol. The molecule has 0 radical (unpaired) electrons. The van der Waals surface area contributed by atoms with E-state index in [1.54, 1.807) is 16.2 Å². The van der Waals surface area contributed by atoms with Gasteiger partial charge in [0, 0.05) is 18.5 Å². The molecule has 0 N–H and O–H groups in total. The Labute approximate surface area is 142 Å². The Morgan fingerprint density at radius 2 is 1.91 bits per heavy atom. The van der Waals surface area contributed by atoms with Crippen LogP contribution >= 0.6 is 11.3 Å². The minimum absolute atomic E-state index is 0.122. The van der Waals surface area contributed by atoms with Crippen LogP contribution < -0.4 is 4.74 Å². The van der Waals surface area contributed by atoms with Gasteiger partial charge < -0.3 is 9.64 Å². The molecule has 0 atom stereocenters. The van der Waals surface area contributed by atoms with E-state index in [0.29, 0.717) is 26.2 Å². The summed E-state index contributed by atoms with van der Waals surface area (Å²) in [5, 5.41) is 2.03. The molecule has 23 heavy (non-hydrogen) atoms. The Kier molecular flexibility index (Phi) is 6.62. The summed E-state index contributed by atoms with van der Waals surface area (Å²) in [6.07, 6.45) is 0. The molecule has 5 heteroatoms. The summed E-state index contributed by atoms with van der Waals surface area (Å²) in [5.74, 6) is 0.987. The molecule has 4 nitrogen and oxygen atoms in total. The van der Waals surface area contributed by atoms with Gasteiger partial charge in [-0.1, -0.05) is 23.8 Å². The fraction of sp³-hybridized carbons (Fsp3) is 0.389. The van der Waals surface area contributed by atoms with E-state index >= 15 is 0 Å². The molecule has 0 fully saturated rings. The van der Waals surface area contributed by atoms with Crippen LogP contribution in [0, 0.1) is 6.92 Å². The maximum Gasteiger partial charge on any atom is 0.236 e. The first-order chi connectivity index (χ1) is 11.0. The predicted molar refractivity (Wildman–Crippen MR) is 95.0 cm³/mol. The zero-order chi connectivity index (χ0) is 16.7. The van der Waals surface area contributed by atoms with E-state index < -0.39 is 0 Å². The molecule has 1 aromatic carbocycles. The van der Waals surface area contributed by atoms with Crippen molar-refractivity contribution in [3.05, 3.63) is 52.2 Å². The van der Waals surface area contributed by atoms with Gasteiger partial charge in [-0.3, -0.25) is 9.69 Å². The van der Waals surface area contributed by atoms with Crippen LogP contribution in [0.4, 0.5) is 0 Å². The summed E-state index contributed by atoms with van der Waals surface area (Å²) < 4.78 is 5.69. The molecule has 0 spiro atoms. The number of carbonyl (C=O) groups excluding carboxylic acids is 1. The molecule has 0 aliphatic heterocycles. The first kappa shape index (κ1) is 17.5. The van der Waals surface area contributed by atoms with Crippen LogP contribution in [0.3, 0.4) is 0 Å². The van der Waals surface area contributed by atoms with Crippen molar-refractivity contribution in [1.82, 2.24) is 9.80 Å². The molecule has 0 unspecified atom stereocenters. The van der Waals surface area contributed by atoms with Crippen LogP contribution in [0.15, 0.2) is 41.8 Å². The van der Waals surface area contributed by atoms with Gasteiger partial charge in [-0.05, 0) is 37.6 Å². The Morgan fingerprint density at radius 3 is 2.57 bits per heavy atom. The van der Waals surface area contributed by atoms with Crippen LogP contribution in [-0.4, -0.2) is 49.5 Å². The number of likely N-dealkylation sites (N-methyl/N-ethyl adjacent to an activating group) is 2. The maximum atomic E-state index is 12.2. The number of nitrogens with zero attached hydrogens (tertiary/aromatic N) is 2. The second-order valence-corrected chi connectivity index (χ2v) is 6.76. The standard InChI is InChI=1S/C18H24N2O2S/c1-15-6-8-16(9-7-15)22-11-10-19(2)14-18(21)20(3)13-17-5-4-12-23-17/h4-9,12H,10-11,13-14H2,1-3H3. The lowest BCUT2D eigenvalue weighted by Crippen LogP contribution is -2.37. The first-order valence-corrected chi connectivity index (χ1v) is 8.57. The monoisotopic (exact) mass is 332 g/mol. The summed E-state index contributed by atoms with van der Waals surface area (Å²) in [6, 6.07) is 12.1. The van der Waals surface area contributed by atoms with Crippen LogP contribution in [0.1, 0.15) is 10.4 Å². The molecule has 0 aliphatic carbocycles. The number of benzene rings is 1. The van der Waals surface area contributed by atoms with Gasteiger partial charge in [0.15, 0.2) is 0 Å². The Morgan fingerprint density at radius 1 is 1.17 bits per heavy atom. The van der Waals surface area contributed by atoms with Crippen molar-refractivity contribution in [3.8, 4) is 5.75 Å². The third-order valence-corrected chi connectivity index (χ3v) is 4.43. The van der Waals surface area contributed by atoms with Crippen molar-refractivity contribution in [3.63, 3.8) is 0 Å². The number of ether oxygens (including phenoxy) is 1. The lowest BCUT2D eigenvalue weighted by molar-refractivity contribution is -0.131. The van der Waals surface area contributed by atoms with Gasteiger partial charge in [-0.25, -0.2) is 0 Å². The molecule has 0 aliphatic rings. The number of rotatable bonds is 8. The van der Waals surface area contributed by atoms with E-state index in [-0.39, 0.29) is 5.91 Å². The number of aryl methyl sites for hydroxylation is 1. The maximum absolute atomic E-state index is 12.2. The number of amides is 1. The quantitative estimate of drug-likeness (QED) is 0.745. The van der Waals surface area contributed by atoms with Crippen LogP contribution in [0.2, 0.25) is 0 Å². The summed E-state index contributed by atoms with van der Waals surface area (Å²) in [7, 11) is 3.79. The first-order valence-electron chi connectivity index (χ1n) is 7.69. The van der Waals surface area contributed by atoms with Gasteiger partial charge in [0.2, 0.25) is 5.91 Å². The SMILES string of the molecule is Cc1ccc(OCCN(C)CC(=O)N(C)Cc2cccs2)cc1. The molecule has 1 heterocycles. The highest BCUT2D eigenvalue weighted by molar-refractivity contribution is 7.09. The minimum atomic E-state index is 0.122. The van der Waals surface area contributed by atoms with E-state index in [9.17, 15) is 4.79 Å². The molecule has 1 aromatic heterocycles. The predicted octanol–water partition coefficient (Wildman–Crippen LogP) is 3.03. The Hall–Kier alpha value is -1.85. The largest absolute Gasteiger partial charge is 0.492 e. The van der Waals surface area contributed by atoms with E-state index in [1.807, 2.05) is 60.8 Å². The van der Waals surface area contributed by atoms with Crippen molar-refractivity contribution in [2.45, 2.75) is 13.5 Å². The van der Waals surface area contributed by atoms with Gasteiger partial charge in [0.05, 0.1) is 13.1 Å². The van der Waals surface area contributed by atoms with Crippen LogP contribution in [0.25, 0.3) is 0 Å². The van der Waals surface area contributed by atoms with E-state index in [4.69, 9.17) is 4.74 Å². The Balaban J connectivity index is 1.68. The summed E-state index contributed by atoms with van der Waals surface area (Å²) in [4.78, 5) is 17.2. The van der Waals surface area contributed by atoms with E-state index in [0.717, 1.165) is 5.75 Å². The van der Waals surface area contributed by atoms with Crippen molar-refractivity contribution < 1.29 is 9.53 Å². The van der Waals surface area contributed by atoms with E-state index in [1.165, 1.54) is 10.4 Å². The zero-order valence-corrected chi connectivity index (χ0v) is 14.8. The van der Waals surface area contributed by atoms with Gasteiger partial charge in [0.1, 0.15) is 12.4 Å². The third-order valence-electron chi connectivity index (χ3n) is 3.57. The Bertz CT molecular complexity index is 596. The normalized spacial score (nSPS) is 10.8. The minimum Gasteiger partial charge on any atom is -0.492 e. The summed E-state index contributed by atoms with van der Waals surface area (Å²) in [5.41, 5.74) is 1.22. The second-order valence-electron chi connectivity index (χ2n) is 5.73. The topological polar surface area (TPSA) is 32.8 Å². The summed E-state index contributed by atoms with van der Waals surface area (Å²) in [6.45, 7) is 4.41. The average Bonchev–Trinajstić information content (AvgIpc) is 3.02. The molecule has 0 saturated carbocycles. The van der Waals surface area contributed by atoms with Gasteiger partial charge in [-0.2, -0.15) is 0 Å². The number of thiophene rings is 1. The highest BCUT2D eigenvalue weighted by atomic mass is 32.1. The second kappa shape index (κ2) is 8.70. The van der Waals surface area contributed by atoms with Crippen molar-refractivity contribution in [1.29, 1.82) is 0 Å². The molecule has 0 saturated heterocycles. The average molecular weight is 332 g/mol. The lowest BCUT2D eigenvalue weighted by atomic mass is 10.2. The molecular formula is C18H24N2O2S. The number of carbonyl (C=O) groups is 1. The molecule has 124 valence electrons. The highest BCUT2D eigenvalue weighted by Crippen LogP contribution is 2.12. The molecule has 0 bridgehead atoms. The summed E-state index contributed by atoms with van der Waals surface area (Å²) >= 11 is 1.67. The van der Waals surface area contributed by atoms with Gasteiger partial charge >= 0.3 is 0 Å². The van der Waals surface area contributed by atoms with Crippen molar-refractivity contribution >= 4 is 17.2 Å². The molecule has 2 rings (SSSR count). The number of hydrogen-bond donors (Lipinski definition) is 0. The molecule has 1 amide bonds. The van der Waals surface area contributed by atoms with Crippen LogP contribution in [0.5, 0.6) is 5.75 Å². The molecule has 2 aromatic rings. The van der Waals surface area contributed by atoms with Gasteiger partial charge in [0.25, 0.3) is 0 Å². The number of hydrogen-bond acceptors (Lipinski definition) is 4. The third kappa shape index (κ3) is 6.04. The van der Waals surface area contributed by atoms with E-state index in [2.05, 4.69) is 6.92 Å². The smallest absolute Gasteiger partial charge is 0.236 e. The fourth-order valence-corrected chi connectivity index (χ4v) is 2.87. The zero-order valence-electron chi connectivity index (χ0n) is 14.0. The lowest BCUT2D eigenvalue weighted by Gasteiger charge is -2.21. The highest BCUT2D eigenvalue weighted by Gasteiger charge is 2.12. The van der Waals surface area contributed by atoms with Crippen LogP contribution in [-0.2, 0) is 11.3 Å².